The Morgan fingerprint density at radius 1 is 1.67 bits per heavy atom. The molecule has 1 heteroatoms. The second kappa shape index (κ2) is 5.29. The maximum Gasteiger partial charge on any atom is 0.0498 e. The van der Waals surface area contributed by atoms with Crippen LogP contribution in [-0.4, -0.2) is 12.8 Å². The van der Waals surface area contributed by atoms with Crippen molar-refractivity contribution in [2.45, 2.75) is 19.4 Å². The van der Waals surface area contributed by atoms with Gasteiger partial charge in [0.15, 0.2) is 0 Å². The molecule has 1 unspecified atom stereocenters. The van der Waals surface area contributed by atoms with Crippen molar-refractivity contribution in [1.82, 2.24) is 0 Å². The van der Waals surface area contributed by atoms with E-state index in [1.807, 2.05) is 19.1 Å². The smallest absolute Gasteiger partial charge is 0.0498 e. The molecule has 0 N–H and O–H groups in total. The van der Waals surface area contributed by atoms with E-state index in [1.54, 1.807) is 6.08 Å². The molecule has 0 aromatic rings. The van der Waals surface area contributed by atoms with E-state index in [0.717, 1.165) is 6.42 Å². The maximum atomic E-state index is 3.82. The van der Waals surface area contributed by atoms with E-state index in [1.165, 1.54) is 0 Å². The Hall–Kier alpha value is -0.850. The summed E-state index contributed by atoms with van der Waals surface area (Å²) < 4.78 is 0. The first-order valence-electron chi connectivity index (χ1n) is 3.04. The monoisotopic (exact) mass is 123 g/mol. The van der Waals surface area contributed by atoms with Crippen LogP contribution in [0.3, 0.4) is 0 Å². The number of hydrogen-bond donors (Lipinski definition) is 0. The van der Waals surface area contributed by atoms with E-state index < -0.39 is 0 Å². The van der Waals surface area contributed by atoms with Crippen molar-refractivity contribution in [2.24, 2.45) is 4.99 Å². The molecular weight excluding hydrogens is 110 g/mol. The second-order valence-corrected chi connectivity index (χ2v) is 1.93. The van der Waals surface area contributed by atoms with Gasteiger partial charge in [0.2, 0.25) is 0 Å². The summed E-state index contributed by atoms with van der Waals surface area (Å²) >= 11 is 0. The largest absolute Gasteiger partial charge is 0.298 e. The first-order valence-corrected chi connectivity index (χ1v) is 3.04. The van der Waals surface area contributed by atoms with Crippen molar-refractivity contribution >= 4 is 6.72 Å². The molecule has 0 aromatic carbocycles. The lowest BCUT2D eigenvalue weighted by Crippen LogP contribution is -1.92. The molecule has 0 fully saturated rings. The van der Waals surface area contributed by atoms with Crippen molar-refractivity contribution in [3.05, 3.63) is 24.8 Å². The van der Waals surface area contributed by atoms with Crippen LogP contribution in [0.15, 0.2) is 29.8 Å². The molecule has 1 nitrogen and oxygen atoms in total. The summed E-state index contributed by atoms with van der Waals surface area (Å²) in [6.45, 7) is 9.01. The molecule has 0 amide bonds. The van der Waals surface area contributed by atoms with Crippen LogP contribution in [0.25, 0.3) is 0 Å². The molecule has 0 radical (unpaired) electrons. The summed E-state index contributed by atoms with van der Waals surface area (Å²) in [4.78, 5) is 3.82. The zero-order valence-corrected chi connectivity index (χ0v) is 5.88. The van der Waals surface area contributed by atoms with E-state index in [-0.39, 0.29) is 0 Å². The van der Waals surface area contributed by atoms with Gasteiger partial charge in [-0.05, 0) is 20.1 Å². The Morgan fingerprint density at radius 2 is 2.33 bits per heavy atom. The highest BCUT2D eigenvalue weighted by molar-refractivity contribution is 5.24. The minimum atomic E-state index is 0.334. The summed E-state index contributed by atoms with van der Waals surface area (Å²) in [5.74, 6) is 0. The van der Waals surface area contributed by atoms with Gasteiger partial charge in [-0.1, -0.05) is 24.8 Å². The topological polar surface area (TPSA) is 12.4 Å². The van der Waals surface area contributed by atoms with Crippen LogP contribution in [0, 0.1) is 0 Å². The molecule has 1 atom stereocenters. The minimum Gasteiger partial charge on any atom is -0.298 e. The predicted octanol–water partition coefficient (Wildman–Crippen LogP) is 2.21. The molecule has 9 heavy (non-hydrogen) atoms. The van der Waals surface area contributed by atoms with Crippen LogP contribution >= 0.6 is 0 Å². The van der Waals surface area contributed by atoms with Crippen molar-refractivity contribution in [3.8, 4) is 0 Å². The highest BCUT2D eigenvalue weighted by Gasteiger charge is 1.88. The minimum absolute atomic E-state index is 0.334. The van der Waals surface area contributed by atoms with Crippen LogP contribution in [0.1, 0.15) is 13.3 Å². The third kappa shape index (κ3) is 5.01. The summed E-state index contributed by atoms with van der Waals surface area (Å²) in [6.07, 6.45) is 6.67. The first-order chi connectivity index (χ1) is 4.31. The van der Waals surface area contributed by atoms with Crippen LogP contribution in [0.2, 0.25) is 0 Å². The van der Waals surface area contributed by atoms with E-state index in [0.29, 0.717) is 6.04 Å². The van der Waals surface area contributed by atoms with Crippen molar-refractivity contribution in [2.75, 3.05) is 0 Å². The van der Waals surface area contributed by atoms with Gasteiger partial charge in [0, 0.05) is 6.04 Å². The van der Waals surface area contributed by atoms with Gasteiger partial charge in [-0.2, -0.15) is 0 Å². The lowest BCUT2D eigenvalue weighted by molar-refractivity contribution is 0.766. The SMILES string of the molecule is C=C/C=C/CC(C)N=C. The maximum absolute atomic E-state index is 3.82. The van der Waals surface area contributed by atoms with Gasteiger partial charge in [-0.25, -0.2) is 0 Å². The van der Waals surface area contributed by atoms with Gasteiger partial charge in [-0.15, -0.1) is 0 Å². The molecule has 0 aliphatic heterocycles. The highest BCUT2D eigenvalue weighted by Crippen LogP contribution is 1.95. The van der Waals surface area contributed by atoms with Gasteiger partial charge >= 0.3 is 0 Å². The summed E-state index contributed by atoms with van der Waals surface area (Å²) in [5.41, 5.74) is 0. The van der Waals surface area contributed by atoms with Crippen molar-refractivity contribution in [1.29, 1.82) is 0 Å². The molecule has 0 aliphatic rings. The average molecular weight is 123 g/mol. The van der Waals surface area contributed by atoms with E-state index in [9.17, 15) is 0 Å². The fraction of sp³-hybridized carbons (Fsp3) is 0.375. The zero-order valence-electron chi connectivity index (χ0n) is 5.88. The Morgan fingerprint density at radius 3 is 2.78 bits per heavy atom. The lowest BCUT2D eigenvalue weighted by Gasteiger charge is -1.96. The third-order valence-electron chi connectivity index (χ3n) is 1.06. The highest BCUT2D eigenvalue weighted by atomic mass is 14.7. The Kier molecular flexibility index (Phi) is 4.79. The molecular formula is C8H13N. The fourth-order valence-corrected chi connectivity index (χ4v) is 0.446. The molecule has 50 valence electrons. The van der Waals surface area contributed by atoms with Crippen LogP contribution in [-0.2, 0) is 0 Å². The van der Waals surface area contributed by atoms with Gasteiger partial charge < -0.3 is 0 Å². The summed E-state index contributed by atoms with van der Waals surface area (Å²) in [7, 11) is 0. The third-order valence-corrected chi connectivity index (χ3v) is 1.06. The van der Waals surface area contributed by atoms with Gasteiger partial charge in [0.1, 0.15) is 0 Å². The molecule has 0 heterocycles. The molecule has 0 aliphatic carbocycles. The first kappa shape index (κ1) is 8.15. The molecule has 0 saturated carbocycles. The Balaban J connectivity index is 3.36. The van der Waals surface area contributed by atoms with E-state index >= 15 is 0 Å². The molecule has 0 bridgehead atoms. The fourth-order valence-electron chi connectivity index (χ4n) is 0.446. The zero-order chi connectivity index (χ0) is 7.11. The molecule has 0 spiro atoms. The number of nitrogens with zero attached hydrogens (tertiary/aromatic N) is 1. The number of hydrogen-bond acceptors (Lipinski definition) is 1. The number of aliphatic imine (C=N–C) groups is 1. The van der Waals surface area contributed by atoms with Crippen molar-refractivity contribution in [3.63, 3.8) is 0 Å². The predicted molar refractivity (Wildman–Crippen MR) is 43.0 cm³/mol. The van der Waals surface area contributed by atoms with Gasteiger partial charge in [0.05, 0.1) is 0 Å². The van der Waals surface area contributed by atoms with Gasteiger partial charge in [0.25, 0.3) is 0 Å². The lowest BCUT2D eigenvalue weighted by atomic mass is 10.2. The second-order valence-electron chi connectivity index (χ2n) is 1.93. The molecule has 0 rings (SSSR count). The summed E-state index contributed by atoms with van der Waals surface area (Å²) in [6, 6.07) is 0.334. The quantitative estimate of drug-likeness (QED) is 0.401. The molecule has 0 aromatic heterocycles. The van der Waals surface area contributed by atoms with Crippen LogP contribution < -0.4 is 0 Å². The van der Waals surface area contributed by atoms with Gasteiger partial charge in [-0.3, -0.25) is 4.99 Å². The standard InChI is InChI=1S/C8H13N/c1-4-5-6-7-8(2)9-3/h4-6,8H,1,3,7H2,2H3/b6-5+. The van der Waals surface area contributed by atoms with Crippen molar-refractivity contribution < 1.29 is 0 Å². The normalized spacial score (nSPS) is 13.4. The summed E-state index contributed by atoms with van der Waals surface area (Å²) in [5, 5.41) is 0. The average Bonchev–Trinajstić information content (AvgIpc) is 1.89. The number of allylic oxidation sites excluding steroid dienone is 2. The number of rotatable bonds is 4. The van der Waals surface area contributed by atoms with E-state index in [2.05, 4.69) is 18.3 Å². The Bertz CT molecular complexity index is 114. The van der Waals surface area contributed by atoms with Crippen LogP contribution in [0.5, 0.6) is 0 Å². The van der Waals surface area contributed by atoms with E-state index in [4.69, 9.17) is 0 Å². The Labute approximate surface area is 56.8 Å². The molecule has 0 saturated heterocycles. The van der Waals surface area contributed by atoms with Crippen LogP contribution in [0.4, 0.5) is 0 Å².